The summed E-state index contributed by atoms with van der Waals surface area (Å²) in [4.78, 5) is 30.9. The molecule has 0 aliphatic carbocycles. The Morgan fingerprint density at radius 2 is 1.78 bits per heavy atom. The summed E-state index contributed by atoms with van der Waals surface area (Å²) in [6.07, 6.45) is 1.98. The first kappa shape index (κ1) is 33.0. The van der Waals surface area contributed by atoms with Gasteiger partial charge in [0, 0.05) is 55.6 Å². The van der Waals surface area contributed by atoms with Crippen molar-refractivity contribution in [2.24, 2.45) is 0 Å². The molecule has 8 rings (SSSR count). The third-order valence-corrected chi connectivity index (χ3v) is 9.42. The summed E-state index contributed by atoms with van der Waals surface area (Å²) in [6, 6.07) is 17.4. The minimum absolute atomic E-state index is 0. The minimum Gasteiger partial charge on any atom is -0.374 e. The number of carbonyl (C=O) groups is 2. The molecule has 0 spiro atoms. The lowest BCUT2D eigenvalue weighted by molar-refractivity contribution is -0.245. The summed E-state index contributed by atoms with van der Waals surface area (Å²) in [5.74, 6) is -0.0960. The number of rotatable bonds is 3. The first-order valence-electron chi connectivity index (χ1n) is 15.7. The van der Waals surface area contributed by atoms with E-state index in [4.69, 9.17) is 9.47 Å². The van der Waals surface area contributed by atoms with Gasteiger partial charge in [0.25, 0.3) is 11.8 Å². The van der Waals surface area contributed by atoms with Gasteiger partial charge in [-0.05, 0) is 43.2 Å². The zero-order valence-corrected chi connectivity index (χ0v) is 27.0. The molecule has 242 valence electrons. The highest BCUT2D eigenvalue weighted by Crippen LogP contribution is 2.56. The molecule has 8 nitrogen and oxygen atoms in total. The lowest BCUT2D eigenvalue weighted by Crippen LogP contribution is -2.64. The van der Waals surface area contributed by atoms with E-state index in [1.54, 1.807) is 13.2 Å². The molecule has 0 saturated carbocycles. The van der Waals surface area contributed by atoms with Crippen molar-refractivity contribution in [3.8, 4) is 0 Å². The minimum atomic E-state index is -0.961. The number of hydrogen-bond donors (Lipinski definition) is 1. The Hall–Kier alpha value is -4.40. The number of aromatic nitrogens is 1. The number of methoxy groups -OCH3 is 1. The van der Waals surface area contributed by atoms with Crippen molar-refractivity contribution in [1.82, 2.24) is 14.8 Å². The summed E-state index contributed by atoms with van der Waals surface area (Å²) >= 11 is 0. The van der Waals surface area contributed by atoms with Crippen LogP contribution in [0.4, 0.5) is 5.69 Å². The molecule has 4 aromatic rings. The van der Waals surface area contributed by atoms with Crippen molar-refractivity contribution in [2.75, 3.05) is 19.1 Å². The fourth-order valence-electron chi connectivity index (χ4n) is 7.82. The van der Waals surface area contributed by atoms with Gasteiger partial charge >= 0.3 is 0 Å². The van der Waals surface area contributed by atoms with Crippen LogP contribution in [-0.4, -0.2) is 53.8 Å². The topological polar surface area (TPSA) is 76.0 Å². The predicted octanol–water partition coefficient (Wildman–Crippen LogP) is 7.36. The van der Waals surface area contributed by atoms with E-state index in [0.29, 0.717) is 24.9 Å². The largest absolute Gasteiger partial charge is 0.374 e. The summed E-state index contributed by atoms with van der Waals surface area (Å²) in [5.41, 5.74) is 6.41. The van der Waals surface area contributed by atoms with Crippen molar-refractivity contribution >= 4 is 39.3 Å². The normalized spacial score (nSPS) is 23.3. The number of anilines is 1. The molecular weight excluding hydrogens is 576 g/mol. The van der Waals surface area contributed by atoms with Gasteiger partial charge in [0.2, 0.25) is 0 Å². The molecule has 1 saturated heterocycles. The van der Waals surface area contributed by atoms with Crippen LogP contribution in [0.5, 0.6) is 0 Å². The molecule has 4 aliphatic rings. The Balaban J connectivity index is 0.000000659. The van der Waals surface area contributed by atoms with Gasteiger partial charge in [0.1, 0.15) is 12.3 Å². The highest BCUT2D eigenvalue weighted by Gasteiger charge is 2.57. The maximum Gasteiger partial charge on any atom is 0.253 e. The van der Waals surface area contributed by atoms with Gasteiger partial charge in [-0.2, -0.15) is 0 Å². The highest BCUT2D eigenvalue weighted by molar-refractivity contribution is 6.20. The van der Waals surface area contributed by atoms with Crippen molar-refractivity contribution in [1.29, 1.82) is 0 Å². The van der Waals surface area contributed by atoms with E-state index in [1.165, 1.54) is 0 Å². The van der Waals surface area contributed by atoms with Crippen molar-refractivity contribution < 1.29 is 19.1 Å². The SMILES string of the molecule is C.C=C1Cc2c3c(c4c5ccccc5n5c4c2N1C1CC(N(C)C(=O)c2ccccc2)C(OC)[C@]5(C)O1)CNC3=O.C=CC.CC. The molecule has 4 aliphatic heterocycles. The fourth-order valence-corrected chi connectivity index (χ4v) is 7.82. The van der Waals surface area contributed by atoms with Crippen LogP contribution >= 0.6 is 0 Å². The first-order chi connectivity index (χ1) is 21.8. The molecule has 1 fully saturated rings. The number of hydrogen-bond acceptors (Lipinski definition) is 5. The van der Waals surface area contributed by atoms with Crippen molar-refractivity contribution in [3.63, 3.8) is 0 Å². The first-order valence-corrected chi connectivity index (χ1v) is 15.7. The number of likely N-dealkylation sites (N-methyl/N-ethyl adjacent to an activating group) is 1. The van der Waals surface area contributed by atoms with E-state index < -0.39 is 18.1 Å². The van der Waals surface area contributed by atoms with Gasteiger partial charge in [0.05, 0.1) is 28.3 Å². The number of benzene rings is 3. The molecule has 8 heteroatoms. The lowest BCUT2D eigenvalue weighted by Gasteiger charge is -2.51. The Morgan fingerprint density at radius 1 is 1.13 bits per heavy atom. The van der Waals surface area contributed by atoms with Crippen LogP contribution in [0.3, 0.4) is 0 Å². The van der Waals surface area contributed by atoms with Crippen LogP contribution in [0.1, 0.15) is 73.4 Å². The molecule has 3 aromatic carbocycles. The van der Waals surface area contributed by atoms with Gasteiger partial charge in [0.15, 0.2) is 5.72 Å². The standard InChI is InChI=1S/C32H30N4O4.C3H6.C2H6.CH4/c1-17-14-20-26-21(16-33-30(26)37)25-19-12-8-9-13-22(19)36-28(25)27(20)35(17)24-15-23(29(39-4)32(36,2)40-24)34(3)31(38)18-10-6-5-7-11-18;1-3-2;1-2;/h5-13,23-24,29H,1,14-16H2,2-4H3,(H,33,37);3H,1H2,2H3;1-2H3;1H4/t23?,24?,29?,32-;;;/m0.../s1. The number of fused-ring (bicyclic) bond motifs is 10. The van der Waals surface area contributed by atoms with Crippen LogP contribution in [0.15, 0.2) is 79.5 Å². The Bertz CT molecular complexity index is 1840. The van der Waals surface area contributed by atoms with Crippen molar-refractivity contribution in [2.45, 2.75) is 78.6 Å². The highest BCUT2D eigenvalue weighted by atomic mass is 16.6. The summed E-state index contributed by atoms with van der Waals surface area (Å²) in [6.45, 7) is 16.3. The molecule has 46 heavy (non-hydrogen) atoms. The molecule has 1 aromatic heterocycles. The van der Waals surface area contributed by atoms with Gasteiger partial charge < -0.3 is 29.2 Å². The van der Waals surface area contributed by atoms with E-state index in [1.807, 2.05) is 75.2 Å². The fraction of sp³-hybridized carbons (Fsp3) is 0.368. The van der Waals surface area contributed by atoms with E-state index in [2.05, 4.69) is 47.0 Å². The molecule has 2 amide bonds. The number of nitrogens with one attached hydrogen (secondary N) is 1. The number of allylic oxidation sites excluding steroid dienone is 2. The molecule has 2 bridgehead atoms. The van der Waals surface area contributed by atoms with E-state index in [-0.39, 0.29) is 25.3 Å². The van der Waals surface area contributed by atoms with Crippen molar-refractivity contribution in [3.05, 3.63) is 102 Å². The number of carbonyl (C=O) groups excluding carboxylic acids is 2. The van der Waals surface area contributed by atoms with E-state index in [9.17, 15) is 9.59 Å². The number of para-hydroxylation sites is 1. The summed E-state index contributed by atoms with van der Waals surface area (Å²) in [7, 11) is 3.55. The second-order valence-corrected chi connectivity index (χ2v) is 11.8. The van der Waals surface area contributed by atoms with Crippen LogP contribution in [0, 0.1) is 0 Å². The molecule has 4 atom stereocenters. The van der Waals surface area contributed by atoms with Gasteiger partial charge in [-0.15, -0.1) is 6.58 Å². The van der Waals surface area contributed by atoms with Crippen LogP contribution in [-0.2, 0) is 28.2 Å². The second-order valence-electron chi connectivity index (χ2n) is 11.8. The molecule has 1 N–H and O–H groups in total. The Morgan fingerprint density at radius 3 is 2.46 bits per heavy atom. The summed E-state index contributed by atoms with van der Waals surface area (Å²) < 4.78 is 15.6. The molecule has 5 heterocycles. The van der Waals surface area contributed by atoms with Gasteiger partial charge in [-0.25, -0.2) is 0 Å². The second kappa shape index (κ2) is 12.4. The smallest absolute Gasteiger partial charge is 0.253 e. The Kier molecular flexibility index (Phi) is 8.90. The van der Waals surface area contributed by atoms with Crippen LogP contribution < -0.4 is 10.2 Å². The maximum absolute atomic E-state index is 13.7. The predicted molar refractivity (Wildman–Crippen MR) is 186 cm³/mol. The molecular formula is C38H46N4O4. The van der Waals surface area contributed by atoms with Crippen LogP contribution in [0.2, 0.25) is 0 Å². The zero-order chi connectivity index (χ0) is 32.2. The van der Waals surface area contributed by atoms with E-state index >= 15 is 0 Å². The lowest BCUT2D eigenvalue weighted by atomic mass is 9.91. The number of amides is 2. The van der Waals surface area contributed by atoms with Crippen LogP contribution in [0.25, 0.3) is 21.8 Å². The van der Waals surface area contributed by atoms with E-state index in [0.717, 1.165) is 49.9 Å². The Labute approximate surface area is 272 Å². The van der Waals surface area contributed by atoms with Gasteiger partial charge in [-0.1, -0.05) is 70.3 Å². The maximum atomic E-state index is 13.7. The number of nitrogens with zero attached hydrogens (tertiary/aromatic N) is 3. The monoisotopic (exact) mass is 622 g/mol. The zero-order valence-electron chi connectivity index (χ0n) is 27.0. The quantitative estimate of drug-likeness (QED) is 0.242. The molecule has 0 radical (unpaired) electrons. The molecule has 3 unspecified atom stereocenters. The third kappa shape index (κ3) is 4.49. The average molecular weight is 623 g/mol. The summed E-state index contributed by atoms with van der Waals surface area (Å²) in [5, 5.41) is 5.22. The number of ether oxygens (including phenoxy) is 2. The van der Waals surface area contributed by atoms with Gasteiger partial charge in [-0.3, -0.25) is 9.59 Å². The average Bonchev–Trinajstić information content (AvgIpc) is 3.70. The third-order valence-electron chi connectivity index (χ3n) is 9.42.